The molecule has 0 unspecified atom stereocenters. The standard InChI is InChI=1S/C15H23NS/c1-13(17(4)11-7-8-12-17)14-9-5-6-10-15(14)16(2)3/h5-6,9-10H,1,7-8,11-12H2,2-4H3. The number of para-hydroxylation sites is 1. The predicted octanol–water partition coefficient (Wildman–Crippen LogP) is 3.95. The fourth-order valence-electron chi connectivity index (χ4n) is 2.55. The van der Waals surface area contributed by atoms with Gasteiger partial charge in [0.25, 0.3) is 0 Å². The molecule has 1 fully saturated rings. The first kappa shape index (κ1) is 12.6. The van der Waals surface area contributed by atoms with E-state index in [9.17, 15) is 0 Å². The van der Waals surface area contributed by atoms with Crippen molar-refractivity contribution in [3.63, 3.8) is 0 Å². The summed E-state index contributed by atoms with van der Waals surface area (Å²) in [5, 5.41) is 0. The zero-order chi connectivity index (χ0) is 12.5. The molecule has 2 heteroatoms. The Morgan fingerprint density at radius 2 is 1.76 bits per heavy atom. The fraction of sp³-hybridized carbons (Fsp3) is 0.467. The highest BCUT2D eigenvalue weighted by Crippen LogP contribution is 2.61. The van der Waals surface area contributed by atoms with Gasteiger partial charge in [-0.2, -0.15) is 0 Å². The lowest BCUT2D eigenvalue weighted by Crippen LogP contribution is -2.12. The average Bonchev–Trinajstić information content (AvgIpc) is 2.76. The lowest BCUT2D eigenvalue weighted by molar-refractivity contribution is 0.949. The molecule has 1 heterocycles. The van der Waals surface area contributed by atoms with Crippen LogP contribution in [-0.4, -0.2) is 31.9 Å². The molecule has 1 saturated heterocycles. The van der Waals surface area contributed by atoms with Crippen LogP contribution in [0.3, 0.4) is 0 Å². The molecular formula is C15H23NS. The van der Waals surface area contributed by atoms with Gasteiger partial charge in [0.15, 0.2) is 0 Å². The minimum absolute atomic E-state index is 0.613. The Labute approximate surface area is 107 Å². The van der Waals surface area contributed by atoms with E-state index in [0.29, 0.717) is 0 Å². The van der Waals surface area contributed by atoms with Crippen molar-refractivity contribution in [2.24, 2.45) is 0 Å². The van der Waals surface area contributed by atoms with E-state index in [1.165, 1.54) is 40.5 Å². The monoisotopic (exact) mass is 249 g/mol. The van der Waals surface area contributed by atoms with Crippen molar-refractivity contribution in [3.8, 4) is 0 Å². The summed E-state index contributed by atoms with van der Waals surface area (Å²) in [4.78, 5) is 3.59. The molecule has 1 aromatic carbocycles. The lowest BCUT2D eigenvalue weighted by atomic mass is 10.1. The van der Waals surface area contributed by atoms with Gasteiger partial charge >= 0.3 is 0 Å². The minimum Gasteiger partial charge on any atom is -0.377 e. The molecule has 17 heavy (non-hydrogen) atoms. The number of hydrogen-bond donors (Lipinski definition) is 0. The van der Waals surface area contributed by atoms with Gasteiger partial charge < -0.3 is 4.90 Å². The number of rotatable bonds is 3. The van der Waals surface area contributed by atoms with E-state index in [0.717, 1.165) is 0 Å². The number of benzene rings is 1. The molecule has 1 aromatic rings. The van der Waals surface area contributed by atoms with Crippen LogP contribution in [0.4, 0.5) is 5.69 Å². The maximum atomic E-state index is 4.43. The molecular weight excluding hydrogens is 226 g/mol. The van der Waals surface area contributed by atoms with E-state index in [1.54, 1.807) is 0 Å². The van der Waals surface area contributed by atoms with Gasteiger partial charge in [0, 0.05) is 25.3 Å². The average molecular weight is 249 g/mol. The molecule has 0 radical (unpaired) electrons. The second kappa shape index (κ2) is 4.77. The maximum absolute atomic E-state index is 4.43. The van der Waals surface area contributed by atoms with E-state index in [1.807, 2.05) is 0 Å². The van der Waals surface area contributed by atoms with Gasteiger partial charge in [-0.25, -0.2) is 10.0 Å². The summed E-state index contributed by atoms with van der Waals surface area (Å²) in [5.41, 5.74) is 2.66. The van der Waals surface area contributed by atoms with E-state index in [2.05, 4.69) is 56.1 Å². The highest BCUT2D eigenvalue weighted by molar-refractivity contribution is 8.40. The normalized spacial score (nSPS) is 19.9. The Hall–Kier alpha value is -0.890. The van der Waals surface area contributed by atoms with E-state index in [4.69, 9.17) is 0 Å². The van der Waals surface area contributed by atoms with Crippen molar-refractivity contribution >= 4 is 20.6 Å². The van der Waals surface area contributed by atoms with E-state index < -0.39 is 10.0 Å². The topological polar surface area (TPSA) is 3.24 Å². The maximum Gasteiger partial charge on any atom is 0.0445 e. The Bertz CT molecular complexity index is 417. The molecule has 0 aliphatic carbocycles. The summed E-state index contributed by atoms with van der Waals surface area (Å²) < 4.78 is 0. The summed E-state index contributed by atoms with van der Waals surface area (Å²) in [6.07, 6.45) is 5.22. The molecule has 2 rings (SSSR count). The molecule has 0 spiro atoms. The quantitative estimate of drug-likeness (QED) is 0.784. The predicted molar refractivity (Wildman–Crippen MR) is 82.3 cm³/mol. The van der Waals surface area contributed by atoms with Crippen LogP contribution in [0.15, 0.2) is 30.8 Å². The molecule has 94 valence electrons. The molecule has 0 bridgehead atoms. The Balaban J connectivity index is 2.37. The molecule has 1 nitrogen and oxygen atoms in total. The second-order valence-electron chi connectivity index (χ2n) is 5.22. The van der Waals surface area contributed by atoms with Crippen LogP contribution in [0.5, 0.6) is 0 Å². The molecule has 0 amide bonds. The third kappa shape index (κ3) is 2.37. The van der Waals surface area contributed by atoms with Crippen molar-refractivity contribution < 1.29 is 0 Å². The van der Waals surface area contributed by atoms with Gasteiger partial charge in [0.05, 0.1) is 0 Å². The molecule has 0 saturated carbocycles. The minimum atomic E-state index is -0.613. The van der Waals surface area contributed by atoms with Gasteiger partial charge in [-0.15, -0.1) is 0 Å². The van der Waals surface area contributed by atoms with Crippen molar-refractivity contribution in [1.29, 1.82) is 0 Å². The SMILES string of the molecule is C=C(c1ccccc1N(C)C)S1(C)CCCC1. The highest BCUT2D eigenvalue weighted by atomic mass is 32.3. The van der Waals surface area contributed by atoms with Gasteiger partial charge in [-0.05, 0) is 41.6 Å². The molecule has 0 aromatic heterocycles. The summed E-state index contributed by atoms with van der Waals surface area (Å²) in [6.45, 7) is 4.43. The Kier molecular flexibility index (Phi) is 3.53. The third-order valence-electron chi connectivity index (χ3n) is 3.72. The van der Waals surface area contributed by atoms with Gasteiger partial charge in [0.2, 0.25) is 0 Å². The van der Waals surface area contributed by atoms with Crippen LogP contribution in [0.1, 0.15) is 18.4 Å². The van der Waals surface area contributed by atoms with Crippen LogP contribution in [0.2, 0.25) is 0 Å². The van der Waals surface area contributed by atoms with Crippen molar-refractivity contribution in [2.75, 3.05) is 36.8 Å². The van der Waals surface area contributed by atoms with Crippen LogP contribution < -0.4 is 4.90 Å². The zero-order valence-electron chi connectivity index (χ0n) is 11.2. The summed E-state index contributed by atoms with van der Waals surface area (Å²) in [5.74, 6) is 2.74. The molecule has 1 aliphatic heterocycles. The first-order valence-electron chi connectivity index (χ1n) is 6.24. The smallest absolute Gasteiger partial charge is 0.0445 e. The van der Waals surface area contributed by atoms with Gasteiger partial charge in [0.1, 0.15) is 0 Å². The molecule has 1 aliphatic rings. The van der Waals surface area contributed by atoms with Gasteiger partial charge in [-0.3, -0.25) is 0 Å². The second-order valence-corrected chi connectivity index (χ2v) is 9.08. The third-order valence-corrected chi connectivity index (χ3v) is 7.51. The highest BCUT2D eigenvalue weighted by Gasteiger charge is 2.28. The number of nitrogens with zero attached hydrogens (tertiary/aromatic N) is 1. The summed E-state index contributed by atoms with van der Waals surface area (Å²) in [7, 11) is 3.61. The molecule has 0 N–H and O–H groups in total. The first-order chi connectivity index (χ1) is 8.04. The lowest BCUT2D eigenvalue weighted by Gasteiger charge is -2.35. The fourth-order valence-corrected chi connectivity index (χ4v) is 5.64. The number of hydrogen-bond acceptors (Lipinski definition) is 1. The van der Waals surface area contributed by atoms with Crippen molar-refractivity contribution in [1.82, 2.24) is 0 Å². The van der Waals surface area contributed by atoms with Crippen molar-refractivity contribution in [3.05, 3.63) is 36.4 Å². The van der Waals surface area contributed by atoms with Crippen LogP contribution in [-0.2, 0) is 0 Å². The van der Waals surface area contributed by atoms with E-state index in [-0.39, 0.29) is 0 Å². The van der Waals surface area contributed by atoms with Crippen molar-refractivity contribution in [2.45, 2.75) is 12.8 Å². The van der Waals surface area contributed by atoms with Crippen LogP contribution in [0, 0.1) is 0 Å². The van der Waals surface area contributed by atoms with E-state index >= 15 is 0 Å². The van der Waals surface area contributed by atoms with Gasteiger partial charge in [-0.1, -0.05) is 24.8 Å². The Morgan fingerprint density at radius 1 is 1.18 bits per heavy atom. The zero-order valence-corrected chi connectivity index (χ0v) is 12.0. The Morgan fingerprint density at radius 3 is 2.35 bits per heavy atom. The summed E-state index contributed by atoms with van der Waals surface area (Å²) >= 11 is 0. The number of anilines is 1. The largest absolute Gasteiger partial charge is 0.377 e. The van der Waals surface area contributed by atoms with Crippen LogP contribution in [0.25, 0.3) is 4.91 Å². The molecule has 0 atom stereocenters. The first-order valence-corrected chi connectivity index (χ1v) is 8.62. The summed E-state index contributed by atoms with van der Waals surface area (Å²) in [6, 6.07) is 8.66. The van der Waals surface area contributed by atoms with Crippen LogP contribution >= 0.6 is 10.0 Å².